The summed E-state index contributed by atoms with van der Waals surface area (Å²) in [4.78, 5) is 20.6. The van der Waals surface area contributed by atoms with Crippen molar-refractivity contribution in [3.05, 3.63) is 12.1 Å². The summed E-state index contributed by atoms with van der Waals surface area (Å²) >= 11 is 0. The van der Waals surface area contributed by atoms with E-state index in [1.807, 2.05) is 12.1 Å². The molecule has 1 amide bonds. The molecule has 1 spiro atoms. The molecule has 1 aromatic rings. The van der Waals surface area contributed by atoms with Crippen LogP contribution in [0.1, 0.15) is 12.8 Å². The minimum Gasteiger partial charge on any atom is -0.488 e. The van der Waals surface area contributed by atoms with Gasteiger partial charge < -0.3 is 20.1 Å². The van der Waals surface area contributed by atoms with Crippen LogP contribution in [-0.4, -0.2) is 56.9 Å². The van der Waals surface area contributed by atoms with E-state index in [9.17, 15) is 4.79 Å². The number of likely N-dealkylation sites (N-methyl/N-ethyl adjacent to an activating group) is 1. The number of nitrogens with two attached hydrogens (primary N) is 1. The van der Waals surface area contributed by atoms with Crippen molar-refractivity contribution < 1.29 is 14.3 Å². The maximum atomic E-state index is 12.2. The maximum absolute atomic E-state index is 12.2. The summed E-state index contributed by atoms with van der Waals surface area (Å²) in [7, 11) is 1.70. The molecule has 0 bridgehead atoms. The molecule has 24 heavy (non-hydrogen) atoms. The van der Waals surface area contributed by atoms with Crippen LogP contribution in [0.2, 0.25) is 0 Å². The Bertz CT molecular complexity index is 628. The molecule has 8 heteroatoms. The van der Waals surface area contributed by atoms with Crippen molar-refractivity contribution in [2.75, 3.05) is 49.8 Å². The number of hydrogen-bond donors (Lipinski definition) is 1. The van der Waals surface area contributed by atoms with Gasteiger partial charge in [-0.1, -0.05) is 0 Å². The highest BCUT2D eigenvalue weighted by Gasteiger charge is 2.44. The Hall–Kier alpha value is -1.57. The zero-order valence-electron chi connectivity index (χ0n) is 13.7. The first kappa shape index (κ1) is 17.3. The fraction of sp³-hybridized carbons (Fsp3) is 0.625. The van der Waals surface area contributed by atoms with Crippen LogP contribution in [0.25, 0.3) is 0 Å². The predicted octanol–water partition coefficient (Wildman–Crippen LogP) is 0.803. The SMILES string of the molecule is CN1C(=O)C(N)COc2ccc(N3CC4(CCOCC4)C3)nc21.Cl. The lowest BCUT2D eigenvalue weighted by Gasteiger charge is -2.52. The average Bonchev–Trinajstić information content (AvgIpc) is 2.66. The normalized spacial score (nSPS) is 25.2. The fourth-order valence-electron chi connectivity index (χ4n) is 3.60. The number of amides is 1. The van der Waals surface area contributed by atoms with Crippen molar-refractivity contribution in [2.45, 2.75) is 18.9 Å². The minimum atomic E-state index is -0.646. The van der Waals surface area contributed by atoms with E-state index >= 15 is 0 Å². The van der Waals surface area contributed by atoms with E-state index in [2.05, 4.69) is 9.88 Å². The van der Waals surface area contributed by atoms with Crippen molar-refractivity contribution in [3.8, 4) is 5.75 Å². The summed E-state index contributed by atoms with van der Waals surface area (Å²) in [6, 6.07) is 3.20. The number of rotatable bonds is 1. The van der Waals surface area contributed by atoms with Crippen LogP contribution in [0.15, 0.2) is 12.1 Å². The fourth-order valence-corrected chi connectivity index (χ4v) is 3.60. The van der Waals surface area contributed by atoms with Gasteiger partial charge in [0.15, 0.2) is 11.6 Å². The van der Waals surface area contributed by atoms with Crippen LogP contribution in [0, 0.1) is 5.41 Å². The number of carbonyl (C=O) groups excluding carboxylic acids is 1. The van der Waals surface area contributed by atoms with E-state index in [1.165, 1.54) is 4.90 Å². The van der Waals surface area contributed by atoms with Gasteiger partial charge in [0, 0.05) is 38.8 Å². The smallest absolute Gasteiger partial charge is 0.248 e. The molecule has 0 aliphatic carbocycles. The van der Waals surface area contributed by atoms with E-state index in [1.54, 1.807) is 7.05 Å². The number of hydrogen-bond acceptors (Lipinski definition) is 6. The molecule has 0 aromatic carbocycles. The molecule has 1 unspecified atom stereocenters. The van der Waals surface area contributed by atoms with Crippen LogP contribution < -0.4 is 20.3 Å². The number of halogens is 1. The number of pyridine rings is 1. The molecule has 132 valence electrons. The first-order valence-electron chi connectivity index (χ1n) is 8.08. The Morgan fingerprint density at radius 3 is 2.71 bits per heavy atom. The van der Waals surface area contributed by atoms with Crippen LogP contribution in [-0.2, 0) is 9.53 Å². The van der Waals surface area contributed by atoms with Gasteiger partial charge in [0.1, 0.15) is 18.5 Å². The largest absolute Gasteiger partial charge is 0.488 e. The summed E-state index contributed by atoms with van der Waals surface area (Å²) in [5, 5.41) is 0. The zero-order chi connectivity index (χ0) is 16.0. The summed E-state index contributed by atoms with van der Waals surface area (Å²) in [6.07, 6.45) is 2.23. The molecular weight excluding hydrogens is 332 g/mol. The number of fused-ring (bicyclic) bond motifs is 1. The van der Waals surface area contributed by atoms with Gasteiger partial charge in [-0.05, 0) is 25.0 Å². The van der Waals surface area contributed by atoms with Gasteiger partial charge in [-0.3, -0.25) is 9.69 Å². The third-order valence-corrected chi connectivity index (χ3v) is 5.14. The average molecular weight is 355 g/mol. The van der Waals surface area contributed by atoms with E-state index in [0.717, 1.165) is 45.0 Å². The molecule has 2 fully saturated rings. The highest BCUT2D eigenvalue weighted by atomic mass is 35.5. The second-order valence-corrected chi connectivity index (χ2v) is 6.77. The Morgan fingerprint density at radius 1 is 1.29 bits per heavy atom. The Balaban J connectivity index is 0.00000169. The minimum absolute atomic E-state index is 0. The molecule has 1 aromatic heterocycles. The maximum Gasteiger partial charge on any atom is 0.248 e. The highest BCUT2D eigenvalue weighted by molar-refractivity contribution is 5.97. The molecule has 4 rings (SSSR count). The van der Waals surface area contributed by atoms with Gasteiger partial charge in [-0.2, -0.15) is 0 Å². The molecular formula is C16H23ClN4O3. The van der Waals surface area contributed by atoms with Crippen LogP contribution in [0.4, 0.5) is 11.6 Å². The number of carbonyl (C=O) groups is 1. The third-order valence-electron chi connectivity index (χ3n) is 5.14. The summed E-state index contributed by atoms with van der Waals surface area (Å²) in [5.41, 5.74) is 6.19. The standard InChI is InChI=1S/C16H22N4O3.ClH/c1-19-14-12(23-8-11(17)15(19)21)2-3-13(18-14)20-9-16(10-20)4-6-22-7-5-16;/h2-3,11H,4-10,17H2,1H3;1H. The van der Waals surface area contributed by atoms with Crippen LogP contribution in [0.5, 0.6) is 5.75 Å². The monoisotopic (exact) mass is 354 g/mol. The number of aromatic nitrogens is 1. The van der Waals surface area contributed by atoms with Crippen molar-refractivity contribution >= 4 is 29.9 Å². The molecule has 1 atom stereocenters. The van der Waals surface area contributed by atoms with Crippen molar-refractivity contribution in [1.82, 2.24) is 4.98 Å². The van der Waals surface area contributed by atoms with E-state index in [4.69, 9.17) is 15.2 Å². The third kappa shape index (κ3) is 2.81. The Labute approximate surface area is 147 Å². The number of anilines is 2. The summed E-state index contributed by atoms with van der Waals surface area (Å²) in [6.45, 7) is 3.90. The number of ether oxygens (including phenoxy) is 2. The first-order valence-corrected chi connectivity index (χ1v) is 8.08. The van der Waals surface area contributed by atoms with Gasteiger partial charge in [0.05, 0.1) is 0 Å². The Morgan fingerprint density at radius 2 is 2.00 bits per heavy atom. The van der Waals surface area contributed by atoms with E-state index < -0.39 is 6.04 Å². The molecule has 3 aliphatic rings. The molecule has 3 aliphatic heterocycles. The van der Waals surface area contributed by atoms with Crippen molar-refractivity contribution in [3.63, 3.8) is 0 Å². The highest BCUT2D eigenvalue weighted by Crippen LogP contribution is 2.42. The van der Waals surface area contributed by atoms with Crippen molar-refractivity contribution in [2.24, 2.45) is 11.1 Å². The second-order valence-electron chi connectivity index (χ2n) is 6.77. The zero-order valence-corrected chi connectivity index (χ0v) is 14.6. The quantitative estimate of drug-likeness (QED) is 0.803. The topological polar surface area (TPSA) is 80.9 Å². The predicted molar refractivity (Wildman–Crippen MR) is 93.1 cm³/mol. The van der Waals surface area contributed by atoms with Crippen LogP contribution >= 0.6 is 12.4 Å². The van der Waals surface area contributed by atoms with Crippen LogP contribution in [0.3, 0.4) is 0 Å². The lowest BCUT2D eigenvalue weighted by atomic mass is 9.73. The molecule has 0 radical (unpaired) electrons. The lowest BCUT2D eigenvalue weighted by molar-refractivity contribution is -0.119. The van der Waals surface area contributed by atoms with E-state index in [0.29, 0.717) is 17.0 Å². The summed E-state index contributed by atoms with van der Waals surface area (Å²) < 4.78 is 11.1. The second kappa shape index (κ2) is 6.38. The van der Waals surface area contributed by atoms with Crippen molar-refractivity contribution in [1.29, 1.82) is 0 Å². The molecule has 7 nitrogen and oxygen atoms in total. The molecule has 2 N–H and O–H groups in total. The van der Waals surface area contributed by atoms with Gasteiger partial charge in [-0.15, -0.1) is 12.4 Å². The van der Waals surface area contributed by atoms with E-state index in [-0.39, 0.29) is 24.9 Å². The van der Waals surface area contributed by atoms with Gasteiger partial charge in [-0.25, -0.2) is 4.98 Å². The first-order chi connectivity index (χ1) is 11.1. The Kier molecular flexibility index (Phi) is 4.59. The van der Waals surface area contributed by atoms with Gasteiger partial charge in [0.25, 0.3) is 0 Å². The summed E-state index contributed by atoms with van der Waals surface area (Å²) in [5.74, 6) is 1.88. The molecule has 4 heterocycles. The molecule has 2 saturated heterocycles. The lowest BCUT2D eigenvalue weighted by Crippen LogP contribution is -2.58. The van der Waals surface area contributed by atoms with Gasteiger partial charge >= 0.3 is 0 Å². The van der Waals surface area contributed by atoms with Gasteiger partial charge in [0.2, 0.25) is 5.91 Å². The molecule has 0 saturated carbocycles. The number of nitrogens with zero attached hydrogens (tertiary/aromatic N) is 3.